The van der Waals surface area contributed by atoms with E-state index in [0.29, 0.717) is 28.2 Å². The van der Waals surface area contributed by atoms with E-state index in [1.807, 2.05) is 36.4 Å². The van der Waals surface area contributed by atoms with Gasteiger partial charge in [0.2, 0.25) is 0 Å². The predicted octanol–water partition coefficient (Wildman–Crippen LogP) is 7.49. The number of aryl methyl sites for hydroxylation is 3. The van der Waals surface area contributed by atoms with Crippen LogP contribution < -0.4 is 14.9 Å². The summed E-state index contributed by atoms with van der Waals surface area (Å²) in [5, 5.41) is 6.33. The summed E-state index contributed by atoms with van der Waals surface area (Å²) in [6, 6.07) is 22.9. The number of hydrogen-bond acceptors (Lipinski definition) is 10. The van der Waals surface area contributed by atoms with Gasteiger partial charge >= 0.3 is 11.9 Å². The van der Waals surface area contributed by atoms with Gasteiger partial charge in [-0.2, -0.15) is 0 Å². The summed E-state index contributed by atoms with van der Waals surface area (Å²) in [5.41, 5.74) is 4.86. The first-order valence-electron chi connectivity index (χ1n) is 18.1. The number of nitrogens with zero attached hydrogens (tertiary/aromatic N) is 2. The number of methoxy groups -OCH3 is 2. The van der Waals surface area contributed by atoms with E-state index in [-0.39, 0.29) is 33.7 Å². The summed E-state index contributed by atoms with van der Waals surface area (Å²) in [7, 11) is -1.61. The normalized spacial score (nSPS) is 12.4. The van der Waals surface area contributed by atoms with Gasteiger partial charge in [0.05, 0.1) is 35.8 Å². The molecule has 5 aromatic rings. The van der Waals surface area contributed by atoms with Gasteiger partial charge < -0.3 is 20.1 Å². The van der Waals surface area contributed by atoms with Crippen LogP contribution in [0.3, 0.4) is 0 Å². The number of carbonyl (C=O) groups is 4. The van der Waals surface area contributed by atoms with Crippen molar-refractivity contribution in [2.24, 2.45) is 0 Å². The smallest absolute Gasteiger partial charge is 0.339 e. The molecule has 290 valence electrons. The second kappa shape index (κ2) is 17.3. The number of fused-ring (bicyclic) bond motifs is 1. The van der Waals surface area contributed by atoms with Gasteiger partial charge in [0.25, 0.3) is 21.8 Å². The molecule has 0 bridgehead atoms. The van der Waals surface area contributed by atoms with E-state index in [4.69, 9.17) is 9.47 Å². The molecule has 1 aliphatic rings. The zero-order valence-electron chi connectivity index (χ0n) is 31.5. The van der Waals surface area contributed by atoms with Crippen LogP contribution in [0.15, 0.2) is 96.0 Å². The van der Waals surface area contributed by atoms with Crippen molar-refractivity contribution in [3.63, 3.8) is 0 Å². The van der Waals surface area contributed by atoms with E-state index >= 15 is 0 Å². The fourth-order valence-electron chi connectivity index (χ4n) is 6.56. The molecule has 0 radical (unpaired) electrons. The number of nitrogens with one attached hydrogen (secondary N) is 2. The minimum absolute atomic E-state index is 0.0940. The number of sulfonamides is 1. The van der Waals surface area contributed by atoms with Crippen LogP contribution in [0.25, 0.3) is 0 Å². The number of thiophene rings is 1. The van der Waals surface area contributed by atoms with Gasteiger partial charge in [-0.3, -0.25) is 9.59 Å². The first-order chi connectivity index (χ1) is 26.9. The third kappa shape index (κ3) is 8.82. The number of anilines is 3. The van der Waals surface area contributed by atoms with Crippen LogP contribution in [-0.4, -0.2) is 57.4 Å². The molecule has 0 saturated heterocycles. The number of benzene rings is 3. The Kier molecular flexibility index (Phi) is 12.3. The second-order valence-corrected chi connectivity index (χ2v) is 16.4. The summed E-state index contributed by atoms with van der Waals surface area (Å²) in [5.74, 6) is -1.77. The zero-order valence-corrected chi connectivity index (χ0v) is 33.1. The number of hydrogen-bond donors (Lipinski definition) is 2. The van der Waals surface area contributed by atoms with E-state index in [0.717, 1.165) is 58.0 Å². The van der Waals surface area contributed by atoms with Crippen molar-refractivity contribution >= 4 is 61.6 Å². The third-order valence-corrected chi connectivity index (χ3v) is 12.6. The quantitative estimate of drug-likeness (QED) is 0.115. The van der Waals surface area contributed by atoms with Gasteiger partial charge in [0.1, 0.15) is 10.8 Å². The Balaban J connectivity index is 1.17. The van der Waals surface area contributed by atoms with Crippen LogP contribution >= 0.6 is 11.3 Å². The number of pyridine rings is 1. The average Bonchev–Trinajstić information content (AvgIpc) is 3.58. The highest BCUT2D eigenvalue weighted by Gasteiger charge is 2.31. The molecule has 56 heavy (non-hydrogen) atoms. The Morgan fingerprint density at radius 2 is 1.39 bits per heavy atom. The van der Waals surface area contributed by atoms with Crippen LogP contribution in [0.1, 0.15) is 89.7 Å². The second-order valence-electron chi connectivity index (χ2n) is 13.5. The average molecular weight is 795 g/mol. The minimum atomic E-state index is -4.21. The molecule has 0 unspecified atom stereocenters. The third-order valence-electron chi connectivity index (χ3n) is 9.43. The van der Waals surface area contributed by atoms with Gasteiger partial charge in [0, 0.05) is 28.4 Å². The Morgan fingerprint density at radius 1 is 0.768 bits per heavy atom. The molecule has 0 aliphatic heterocycles. The molecule has 2 N–H and O–H groups in total. The van der Waals surface area contributed by atoms with Crippen molar-refractivity contribution < 1.29 is 37.1 Å². The van der Waals surface area contributed by atoms with E-state index < -0.39 is 27.9 Å². The molecular weight excluding hydrogens is 753 g/mol. The number of rotatable bonds is 13. The minimum Gasteiger partial charge on any atom is -0.465 e. The molecule has 0 atom stereocenters. The number of ether oxygens (including phenoxy) is 2. The van der Waals surface area contributed by atoms with Crippen LogP contribution in [0.4, 0.5) is 16.5 Å². The van der Waals surface area contributed by atoms with E-state index in [1.54, 1.807) is 26.0 Å². The first kappa shape index (κ1) is 39.8. The molecule has 6 rings (SSSR count). The van der Waals surface area contributed by atoms with E-state index in [1.165, 1.54) is 68.2 Å². The molecule has 0 fully saturated rings. The van der Waals surface area contributed by atoms with Gasteiger partial charge in [-0.15, -0.1) is 11.3 Å². The molecule has 14 heteroatoms. The van der Waals surface area contributed by atoms with Gasteiger partial charge in [-0.05, 0) is 124 Å². The van der Waals surface area contributed by atoms with Gasteiger partial charge in [-0.25, -0.2) is 27.3 Å². The van der Waals surface area contributed by atoms with Crippen molar-refractivity contribution in [3.05, 3.63) is 135 Å². The maximum Gasteiger partial charge on any atom is 0.339 e. The maximum absolute atomic E-state index is 14.0. The number of carbonyl (C=O) groups excluding carboxylic acids is 4. The zero-order chi connectivity index (χ0) is 40.0. The van der Waals surface area contributed by atoms with E-state index in [2.05, 4.69) is 15.6 Å². The molecule has 3 aromatic carbocycles. The Labute approximate surface area is 329 Å². The fraction of sp³-hybridized carbons (Fsp3) is 0.262. The number of esters is 2. The first-order valence-corrected chi connectivity index (χ1v) is 20.4. The molecule has 2 heterocycles. The number of amides is 2. The lowest BCUT2D eigenvalue weighted by atomic mass is 9.95. The fourth-order valence-corrected chi connectivity index (χ4v) is 9.51. The standard InChI is InChI=1S/C42H42N4O8S2/c1-26(2)46(36-23-20-31(25-43-36)42(50)54-4)56(51,52)33-9-7-8-30(24-33)38(47)45-40-37(34-10-5-6-11-35(34)55-40)39(48)44-32-21-16-28(17-22-32)13-12-27-14-18-29(19-15-27)41(49)53-3/h7-9,14-26H,5-6,10-13H2,1-4H3,(H,44,48)(H,45,47). The number of aromatic nitrogens is 1. The lowest BCUT2D eigenvalue weighted by Gasteiger charge is -2.27. The van der Waals surface area contributed by atoms with Crippen LogP contribution in [0.2, 0.25) is 0 Å². The molecule has 0 saturated carbocycles. The maximum atomic E-state index is 14.0. The van der Waals surface area contributed by atoms with Crippen molar-refractivity contribution in [2.75, 3.05) is 29.2 Å². The topological polar surface area (TPSA) is 161 Å². The summed E-state index contributed by atoms with van der Waals surface area (Å²) in [6.07, 6.45) is 6.18. The lowest BCUT2D eigenvalue weighted by molar-refractivity contribution is 0.0591. The molecule has 12 nitrogen and oxygen atoms in total. The predicted molar refractivity (Wildman–Crippen MR) is 215 cm³/mol. The molecular formula is C42H42N4O8S2. The summed E-state index contributed by atoms with van der Waals surface area (Å²) in [6.45, 7) is 3.39. The van der Waals surface area contributed by atoms with Crippen molar-refractivity contribution in [1.29, 1.82) is 0 Å². The van der Waals surface area contributed by atoms with Crippen LogP contribution in [-0.2, 0) is 45.2 Å². The highest BCUT2D eigenvalue weighted by Crippen LogP contribution is 2.39. The molecule has 0 spiro atoms. The highest BCUT2D eigenvalue weighted by atomic mass is 32.2. The molecule has 2 amide bonds. The Bertz CT molecular complexity index is 2360. The van der Waals surface area contributed by atoms with E-state index in [9.17, 15) is 27.6 Å². The van der Waals surface area contributed by atoms with Crippen LogP contribution in [0, 0.1) is 0 Å². The SMILES string of the molecule is COC(=O)c1ccc(CCc2ccc(NC(=O)c3c(NC(=O)c4cccc(S(=O)(=O)N(c5ccc(C(=O)OC)cn5)C(C)C)c4)sc4c3CCCC4)cc2)cc1. The monoisotopic (exact) mass is 794 g/mol. The Morgan fingerprint density at radius 3 is 2.02 bits per heavy atom. The molecule has 2 aromatic heterocycles. The summed E-state index contributed by atoms with van der Waals surface area (Å²) in [4.78, 5) is 56.5. The van der Waals surface area contributed by atoms with Gasteiger partial charge in [0.15, 0.2) is 0 Å². The van der Waals surface area contributed by atoms with Crippen LogP contribution in [0.5, 0.6) is 0 Å². The summed E-state index contributed by atoms with van der Waals surface area (Å²) >= 11 is 1.37. The lowest BCUT2D eigenvalue weighted by Crippen LogP contribution is -2.37. The largest absolute Gasteiger partial charge is 0.465 e. The van der Waals surface area contributed by atoms with Crippen molar-refractivity contribution in [2.45, 2.75) is 63.3 Å². The highest BCUT2D eigenvalue weighted by molar-refractivity contribution is 7.92. The van der Waals surface area contributed by atoms with Crippen molar-refractivity contribution in [3.8, 4) is 0 Å². The van der Waals surface area contributed by atoms with Gasteiger partial charge in [-0.1, -0.05) is 30.3 Å². The van der Waals surface area contributed by atoms with Crippen molar-refractivity contribution in [1.82, 2.24) is 4.98 Å². The molecule has 1 aliphatic carbocycles. The summed E-state index contributed by atoms with van der Waals surface area (Å²) < 4.78 is 38.6. The Hall–Kier alpha value is -5.86.